The molecule has 0 aliphatic heterocycles. The molecule has 0 atom stereocenters. The molecule has 0 spiro atoms. The monoisotopic (exact) mass is 256 g/mol. The van der Waals surface area contributed by atoms with Crippen molar-refractivity contribution in [3.63, 3.8) is 0 Å². The molecule has 0 amide bonds. The third-order valence-electron chi connectivity index (χ3n) is 3.86. The molecule has 0 fully saturated rings. The lowest BCUT2D eigenvalue weighted by Crippen LogP contribution is -2.06. The van der Waals surface area contributed by atoms with E-state index in [1.54, 1.807) is 0 Å². The summed E-state index contributed by atoms with van der Waals surface area (Å²) in [7, 11) is 0. The Hall–Kier alpha value is -1.57. The van der Waals surface area contributed by atoms with Gasteiger partial charge < -0.3 is 4.57 Å². The molecule has 2 rings (SSSR count). The molecule has 0 saturated heterocycles. The molecule has 19 heavy (non-hydrogen) atoms. The zero-order valence-electron chi connectivity index (χ0n) is 12.5. The van der Waals surface area contributed by atoms with Gasteiger partial charge in [-0.25, -0.2) is 4.98 Å². The molecule has 0 unspecified atom stereocenters. The summed E-state index contributed by atoms with van der Waals surface area (Å²) in [5, 5.41) is 0. The second-order valence-electron chi connectivity index (χ2n) is 4.79. The summed E-state index contributed by atoms with van der Waals surface area (Å²) in [5.74, 6) is 1.06. The van der Waals surface area contributed by atoms with Gasteiger partial charge in [-0.05, 0) is 48.9 Å². The highest BCUT2D eigenvalue weighted by Crippen LogP contribution is 2.28. The normalized spacial score (nSPS) is 10.9. The highest BCUT2D eigenvalue weighted by Gasteiger charge is 2.19. The maximum atomic E-state index is 4.55. The van der Waals surface area contributed by atoms with Gasteiger partial charge in [0.1, 0.15) is 5.82 Å². The molecule has 0 aliphatic rings. The van der Waals surface area contributed by atoms with Gasteiger partial charge in [0, 0.05) is 17.6 Å². The molecular formula is C17H24N2. The molecule has 102 valence electrons. The highest BCUT2D eigenvalue weighted by molar-refractivity contribution is 5.45. The third-order valence-corrected chi connectivity index (χ3v) is 3.86. The number of pyridine rings is 1. The van der Waals surface area contributed by atoms with Crippen LogP contribution in [0.3, 0.4) is 0 Å². The summed E-state index contributed by atoms with van der Waals surface area (Å²) in [6.45, 7) is 9.01. The van der Waals surface area contributed by atoms with Gasteiger partial charge in [0.15, 0.2) is 0 Å². The first-order valence-corrected chi connectivity index (χ1v) is 7.43. The van der Waals surface area contributed by atoms with Crippen molar-refractivity contribution in [2.45, 2.75) is 53.4 Å². The van der Waals surface area contributed by atoms with Gasteiger partial charge in [-0.2, -0.15) is 0 Å². The van der Waals surface area contributed by atoms with Gasteiger partial charge in [0.05, 0.1) is 0 Å². The minimum Gasteiger partial charge on any atom is -0.302 e. The van der Waals surface area contributed by atoms with Crippen molar-refractivity contribution in [2.24, 2.45) is 0 Å². The van der Waals surface area contributed by atoms with Gasteiger partial charge in [-0.15, -0.1) is 0 Å². The Balaban J connectivity index is 2.74. The lowest BCUT2D eigenvalue weighted by molar-refractivity contribution is 0.831. The van der Waals surface area contributed by atoms with Crippen LogP contribution in [-0.2, 0) is 25.7 Å². The van der Waals surface area contributed by atoms with E-state index in [4.69, 9.17) is 0 Å². The Morgan fingerprint density at radius 1 is 0.842 bits per heavy atom. The zero-order chi connectivity index (χ0) is 13.8. The van der Waals surface area contributed by atoms with E-state index in [2.05, 4.69) is 49.4 Å². The summed E-state index contributed by atoms with van der Waals surface area (Å²) < 4.78 is 2.39. The van der Waals surface area contributed by atoms with Crippen LogP contribution in [0.25, 0.3) is 5.82 Å². The smallest absolute Gasteiger partial charge is 0.136 e. The highest BCUT2D eigenvalue weighted by atomic mass is 15.1. The molecule has 2 heterocycles. The molecule has 2 heteroatoms. The van der Waals surface area contributed by atoms with Crippen molar-refractivity contribution in [3.8, 4) is 5.82 Å². The minimum absolute atomic E-state index is 1.06. The van der Waals surface area contributed by atoms with Gasteiger partial charge >= 0.3 is 0 Å². The van der Waals surface area contributed by atoms with Crippen LogP contribution < -0.4 is 0 Å². The molecule has 0 N–H and O–H groups in total. The van der Waals surface area contributed by atoms with E-state index >= 15 is 0 Å². The Morgan fingerprint density at radius 3 is 1.79 bits per heavy atom. The number of hydrogen-bond donors (Lipinski definition) is 0. The van der Waals surface area contributed by atoms with Crippen LogP contribution in [0, 0.1) is 0 Å². The van der Waals surface area contributed by atoms with Gasteiger partial charge in [0.2, 0.25) is 0 Å². The maximum absolute atomic E-state index is 4.55. The molecular weight excluding hydrogens is 232 g/mol. The summed E-state index contributed by atoms with van der Waals surface area (Å²) in [4.78, 5) is 4.55. The second kappa shape index (κ2) is 6.05. The number of nitrogens with zero attached hydrogens (tertiary/aromatic N) is 2. The van der Waals surface area contributed by atoms with Crippen molar-refractivity contribution in [2.75, 3.05) is 0 Å². The summed E-state index contributed by atoms with van der Waals surface area (Å²) in [6, 6.07) is 6.15. The maximum Gasteiger partial charge on any atom is 0.136 e. The Morgan fingerprint density at radius 2 is 1.42 bits per heavy atom. The van der Waals surface area contributed by atoms with E-state index in [-0.39, 0.29) is 0 Å². The molecule has 2 aromatic heterocycles. The van der Waals surface area contributed by atoms with Crippen LogP contribution in [0.5, 0.6) is 0 Å². The summed E-state index contributed by atoms with van der Waals surface area (Å²) in [6.07, 6.45) is 6.23. The Labute approximate surface area is 116 Å². The van der Waals surface area contributed by atoms with E-state index in [9.17, 15) is 0 Å². The number of aromatic nitrogens is 2. The Kier molecular flexibility index (Phi) is 4.41. The van der Waals surface area contributed by atoms with Crippen LogP contribution in [0.1, 0.15) is 50.2 Å². The van der Waals surface area contributed by atoms with Gasteiger partial charge in [0.25, 0.3) is 0 Å². The summed E-state index contributed by atoms with van der Waals surface area (Å²) >= 11 is 0. The number of hydrogen-bond acceptors (Lipinski definition) is 1. The standard InChI is InChI=1S/C17H24N2/c1-5-13-14(6-2)16(8-4)19(15(13)7-3)17-11-9-10-12-18-17/h9-12H,5-8H2,1-4H3. The van der Waals surface area contributed by atoms with E-state index in [0.717, 1.165) is 31.5 Å². The molecule has 0 radical (unpaired) electrons. The molecule has 0 aromatic carbocycles. The van der Waals surface area contributed by atoms with Crippen molar-refractivity contribution in [3.05, 3.63) is 46.9 Å². The van der Waals surface area contributed by atoms with Crippen molar-refractivity contribution >= 4 is 0 Å². The van der Waals surface area contributed by atoms with Crippen molar-refractivity contribution in [1.82, 2.24) is 9.55 Å². The fraction of sp³-hybridized carbons (Fsp3) is 0.471. The van der Waals surface area contributed by atoms with Crippen LogP contribution in [0.4, 0.5) is 0 Å². The molecule has 2 nitrogen and oxygen atoms in total. The predicted molar refractivity (Wildman–Crippen MR) is 81.1 cm³/mol. The first-order valence-electron chi connectivity index (χ1n) is 7.43. The van der Waals surface area contributed by atoms with E-state index in [0.29, 0.717) is 0 Å². The van der Waals surface area contributed by atoms with Crippen LogP contribution in [0.2, 0.25) is 0 Å². The van der Waals surface area contributed by atoms with Crippen molar-refractivity contribution < 1.29 is 0 Å². The van der Waals surface area contributed by atoms with E-state index in [1.807, 2.05) is 12.3 Å². The average molecular weight is 256 g/mol. The molecule has 2 aromatic rings. The number of rotatable bonds is 5. The fourth-order valence-corrected chi connectivity index (χ4v) is 3.12. The van der Waals surface area contributed by atoms with Crippen LogP contribution in [0.15, 0.2) is 24.4 Å². The Bertz CT molecular complexity index is 509. The topological polar surface area (TPSA) is 17.8 Å². The fourth-order valence-electron chi connectivity index (χ4n) is 3.12. The summed E-state index contributed by atoms with van der Waals surface area (Å²) in [5.41, 5.74) is 5.95. The zero-order valence-corrected chi connectivity index (χ0v) is 12.5. The first kappa shape index (κ1) is 13.9. The first-order chi connectivity index (χ1) is 9.28. The quantitative estimate of drug-likeness (QED) is 0.786. The largest absolute Gasteiger partial charge is 0.302 e. The molecule has 0 aliphatic carbocycles. The van der Waals surface area contributed by atoms with E-state index in [1.165, 1.54) is 22.5 Å². The van der Waals surface area contributed by atoms with Gasteiger partial charge in [-0.1, -0.05) is 33.8 Å². The van der Waals surface area contributed by atoms with E-state index < -0.39 is 0 Å². The SMILES string of the molecule is CCc1c(CC)c(CC)n(-c2ccccn2)c1CC. The average Bonchev–Trinajstić information content (AvgIpc) is 2.80. The van der Waals surface area contributed by atoms with Gasteiger partial charge in [-0.3, -0.25) is 0 Å². The second-order valence-corrected chi connectivity index (χ2v) is 4.79. The lowest BCUT2D eigenvalue weighted by atomic mass is 10.0. The minimum atomic E-state index is 1.06. The van der Waals surface area contributed by atoms with Crippen LogP contribution >= 0.6 is 0 Å². The third kappa shape index (κ3) is 2.32. The predicted octanol–water partition coefficient (Wildman–Crippen LogP) is 4.12. The van der Waals surface area contributed by atoms with Crippen LogP contribution in [-0.4, -0.2) is 9.55 Å². The molecule has 0 saturated carbocycles. The van der Waals surface area contributed by atoms with Crippen molar-refractivity contribution in [1.29, 1.82) is 0 Å². The molecule has 0 bridgehead atoms. The lowest BCUT2D eigenvalue weighted by Gasteiger charge is -2.11.